The topological polar surface area (TPSA) is 261 Å². The third kappa shape index (κ3) is 15.0. The Morgan fingerprint density at radius 3 is 1.48 bits per heavy atom. The van der Waals surface area contributed by atoms with Crippen molar-refractivity contribution in [3.8, 4) is 45.5 Å². The summed E-state index contributed by atoms with van der Waals surface area (Å²) >= 11 is 0. The molecule has 0 saturated carbocycles. The number of fused-ring (bicyclic) bond motifs is 4. The number of piperazine rings is 2. The van der Waals surface area contributed by atoms with Crippen LogP contribution in [0, 0.1) is 0 Å². The third-order valence-electron chi connectivity index (χ3n) is 13.2. The maximum absolute atomic E-state index is 12.9. The number of amides is 3. The Balaban J connectivity index is 0.000000196. The molecule has 0 bridgehead atoms. The number of pyridine rings is 2. The number of likely N-dealkylation sites (N-methyl/N-ethyl adjacent to an activating group) is 1. The van der Waals surface area contributed by atoms with E-state index in [1.54, 1.807) is 26.6 Å². The number of carbonyl (C=O) groups excluding carboxylic acids is 3. The molecule has 6 N–H and O–H groups in total. The fourth-order valence-corrected chi connectivity index (χ4v) is 9.06. The summed E-state index contributed by atoms with van der Waals surface area (Å²) in [6.07, 6.45) is 2.61. The van der Waals surface area contributed by atoms with E-state index in [0.717, 1.165) is 112 Å². The van der Waals surface area contributed by atoms with Crippen molar-refractivity contribution < 1.29 is 66.2 Å². The number of aryl methyl sites for hydroxylation is 2. The van der Waals surface area contributed by atoms with Gasteiger partial charge in [-0.05, 0) is 55.6 Å². The van der Waals surface area contributed by atoms with Gasteiger partial charge >= 0.3 is 12.1 Å². The number of hydrogen-bond donors (Lipinski definition) is 5. The second-order valence-electron chi connectivity index (χ2n) is 18.8. The van der Waals surface area contributed by atoms with Gasteiger partial charge in [-0.25, -0.2) is 14.8 Å². The lowest BCUT2D eigenvalue weighted by molar-refractivity contribution is -0.192. The van der Waals surface area contributed by atoms with Gasteiger partial charge in [0.15, 0.2) is 36.2 Å². The van der Waals surface area contributed by atoms with Crippen molar-refractivity contribution in [3.63, 3.8) is 0 Å². The number of primary amides is 1. The quantitative estimate of drug-likeness (QED) is 0.0820. The summed E-state index contributed by atoms with van der Waals surface area (Å²) in [5, 5.41) is 20.1. The number of aliphatic carboxylic acids is 1. The van der Waals surface area contributed by atoms with Gasteiger partial charge in [-0.3, -0.25) is 19.3 Å². The van der Waals surface area contributed by atoms with Crippen LogP contribution in [0.1, 0.15) is 6.92 Å². The van der Waals surface area contributed by atoms with Gasteiger partial charge in [0.25, 0.3) is 11.8 Å². The number of nitrogens with zero attached hydrogens (tertiary/aromatic N) is 8. The first kappa shape index (κ1) is 59.3. The number of aromatic amines is 2. The molecule has 3 amide bonds. The number of carboxylic acids is 1. The number of nitrogens with one attached hydrogen (secondary N) is 2. The molecule has 0 aliphatic carbocycles. The number of halogens is 3. The number of ether oxygens (including phenoxy) is 5. The number of carbonyl (C=O) groups is 4. The molecular weight excluding hydrogens is 1050 g/mol. The van der Waals surface area contributed by atoms with Gasteiger partial charge in [0, 0.05) is 161 Å². The normalized spacial score (nSPS) is 14.0. The van der Waals surface area contributed by atoms with Gasteiger partial charge in [-0.2, -0.15) is 13.2 Å². The van der Waals surface area contributed by atoms with E-state index in [9.17, 15) is 27.6 Å². The van der Waals surface area contributed by atoms with Crippen LogP contribution in [-0.2, 0) is 38.0 Å². The Bertz CT molecular complexity index is 3340. The number of aliphatic hydroxyl groups excluding tert-OH is 1. The van der Waals surface area contributed by atoms with Crippen LogP contribution < -0.4 is 24.7 Å². The molecule has 8 aromatic rings. The van der Waals surface area contributed by atoms with E-state index in [4.69, 9.17) is 38.7 Å². The molecule has 80 heavy (non-hydrogen) atoms. The predicted octanol–water partition coefficient (Wildman–Crippen LogP) is 5.27. The first-order chi connectivity index (χ1) is 38.3. The second kappa shape index (κ2) is 27.0. The summed E-state index contributed by atoms with van der Waals surface area (Å²) in [6, 6.07) is 19.9. The molecule has 10 rings (SSSR count). The number of nitrogens with two attached hydrogens (primary N) is 1. The van der Waals surface area contributed by atoms with Crippen molar-refractivity contribution in [3.05, 3.63) is 85.5 Å². The fraction of sp³-hybridized carbons (Fsp3) is 0.382. The van der Waals surface area contributed by atoms with E-state index in [1.807, 2.05) is 77.0 Å². The van der Waals surface area contributed by atoms with Gasteiger partial charge in [0.2, 0.25) is 5.91 Å². The van der Waals surface area contributed by atoms with E-state index >= 15 is 0 Å². The van der Waals surface area contributed by atoms with Crippen LogP contribution in [-0.4, -0.2) is 202 Å². The molecule has 0 radical (unpaired) electrons. The zero-order valence-electron chi connectivity index (χ0n) is 45.3. The van der Waals surface area contributed by atoms with Gasteiger partial charge in [-0.1, -0.05) is 0 Å². The van der Waals surface area contributed by atoms with Crippen molar-refractivity contribution in [2.24, 2.45) is 19.8 Å². The van der Waals surface area contributed by atoms with Gasteiger partial charge in [0.05, 0.1) is 45.1 Å². The van der Waals surface area contributed by atoms with E-state index in [-0.39, 0.29) is 37.5 Å². The molecule has 2 aliphatic rings. The average Bonchev–Trinajstić information content (AvgIpc) is 4.25. The highest BCUT2D eigenvalue weighted by Crippen LogP contribution is 2.40. The van der Waals surface area contributed by atoms with E-state index < -0.39 is 12.1 Å². The number of methoxy groups -OCH3 is 2. The summed E-state index contributed by atoms with van der Waals surface area (Å²) in [7, 11) is 9.28. The van der Waals surface area contributed by atoms with Crippen LogP contribution in [0.5, 0.6) is 23.0 Å². The number of carboxylic acid groups (broad SMARTS) is 1. The van der Waals surface area contributed by atoms with Gasteiger partial charge in [-0.15, -0.1) is 0 Å². The molecule has 2 aliphatic heterocycles. The first-order valence-electron chi connectivity index (χ1n) is 25.5. The monoisotopic (exact) mass is 1110 g/mol. The van der Waals surface area contributed by atoms with Gasteiger partial charge < -0.3 is 73.4 Å². The van der Waals surface area contributed by atoms with Crippen molar-refractivity contribution in [1.82, 2.24) is 48.7 Å². The van der Waals surface area contributed by atoms with Crippen LogP contribution in [0.2, 0.25) is 0 Å². The lowest BCUT2D eigenvalue weighted by Gasteiger charge is -2.34. The standard InChI is InChI=1S/C27H33N5O5.C24H27N5O3.C2HF3O2.C2H5NO/c1-30-17-21(22-14-19-4-3-5-28-27(19)29-22)20-15-24(35-2)25(16-23(20)30)37-18-26(34)32-8-6-31(7-9-32)10-12-36-13-11-33;1-27-7-9-29(10-8-27)23(30)15-32-22-13-20-17(12-21(22)31-3)18(14-28(20)2)19-11-16-5-4-6-25-24(16)26-19;3-2(4,5)1(6)7;1-2(3)4/h3-5,14-17,33H,6-13,18H2,1-2H3,(H,28,29);4-6,11-14H,7-10,15H2,1-3H3,(H,25,26);(H,6,7);1H3,(H2,3,4). The zero-order valence-corrected chi connectivity index (χ0v) is 45.3. The summed E-state index contributed by atoms with van der Waals surface area (Å²) in [6.45, 7) is 9.14. The van der Waals surface area contributed by atoms with E-state index in [0.29, 0.717) is 49.3 Å². The molecule has 8 heterocycles. The number of rotatable bonds is 15. The number of aromatic nitrogens is 6. The number of benzene rings is 2. The van der Waals surface area contributed by atoms with Crippen LogP contribution in [0.15, 0.2) is 85.5 Å². The van der Waals surface area contributed by atoms with E-state index in [2.05, 4.69) is 71.6 Å². The summed E-state index contributed by atoms with van der Waals surface area (Å²) < 4.78 is 64.3. The molecule has 2 aromatic carbocycles. The lowest BCUT2D eigenvalue weighted by Crippen LogP contribution is -2.50. The molecular formula is C55H66F3N11O11. The summed E-state index contributed by atoms with van der Waals surface area (Å²) in [4.78, 5) is 67.4. The lowest BCUT2D eigenvalue weighted by atomic mass is 10.1. The van der Waals surface area contributed by atoms with Crippen LogP contribution in [0.25, 0.3) is 66.4 Å². The highest BCUT2D eigenvalue weighted by molar-refractivity contribution is 6.01. The molecule has 0 spiro atoms. The maximum atomic E-state index is 12.9. The maximum Gasteiger partial charge on any atom is 0.490 e. The number of H-pyrrole nitrogens is 2. The highest BCUT2D eigenvalue weighted by Gasteiger charge is 2.38. The Hall–Kier alpha value is -8.39. The molecule has 6 aromatic heterocycles. The summed E-state index contributed by atoms with van der Waals surface area (Å²) in [5.74, 6) is -0.856. The number of alkyl halides is 3. The Labute approximate surface area is 458 Å². The zero-order chi connectivity index (χ0) is 57.7. The Morgan fingerprint density at radius 2 is 1.09 bits per heavy atom. The third-order valence-corrected chi connectivity index (χ3v) is 13.2. The Morgan fingerprint density at radius 1 is 0.662 bits per heavy atom. The molecule has 428 valence electrons. The van der Waals surface area contributed by atoms with Crippen LogP contribution in [0.4, 0.5) is 13.2 Å². The van der Waals surface area contributed by atoms with Crippen molar-refractivity contribution >= 4 is 67.6 Å². The van der Waals surface area contributed by atoms with Crippen LogP contribution >= 0.6 is 0 Å². The van der Waals surface area contributed by atoms with Crippen molar-refractivity contribution in [1.29, 1.82) is 0 Å². The SMILES string of the molecule is CC(N)=O.COc1cc2c(-c3cc4cccnc4[nH]3)cn(C)c2cc1OCC(=O)N1CCN(C)CC1.COc1cc2c(-c3cc4cccnc4[nH]3)cn(C)c2cc1OCC(=O)N1CCN(CCOCCO)CC1.O=C(O)C(F)(F)F. The molecule has 25 heteroatoms. The fourth-order valence-electron chi connectivity index (χ4n) is 9.06. The minimum absolute atomic E-state index is 0.00149. The minimum atomic E-state index is -5.08. The molecule has 22 nitrogen and oxygen atoms in total. The Kier molecular flexibility index (Phi) is 20.0. The van der Waals surface area contributed by atoms with Crippen molar-refractivity contribution in [2.45, 2.75) is 13.1 Å². The molecule has 2 saturated heterocycles. The molecule has 0 atom stereocenters. The largest absolute Gasteiger partial charge is 0.493 e. The predicted molar refractivity (Wildman–Crippen MR) is 294 cm³/mol. The van der Waals surface area contributed by atoms with Crippen LogP contribution in [0.3, 0.4) is 0 Å². The minimum Gasteiger partial charge on any atom is -0.493 e. The number of aliphatic hydroxyl groups is 1. The first-order valence-corrected chi connectivity index (χ1v) is 25.5. The smallest absolute Gasteiger partial charge is 0.490 e. The molecule has 2 fully saturated rings. The summed E-state index contributed by atoms with van der Waals surface area (Å²) in [5.41, 5.74) is 12.2. The van der Waals surface area contributed by atoms with E-state index in [1.165, 1.54) is 6.92 Å². The number of hydrogen-bond acceptors (Lipinski definition) is 14. The molecule has 0 unspecified atom stereocenters. The van der Waals surface area contributed by atoms with Crippen molar-refractivity contribution in [2.75, 3.05) is 113 Å². The second-order valence-corrected chi connectivity index (χ2v) is 18.8. The highest BCUT2D eigenvalue weighted by atomic mass is 19.4. The van der Waals surface area contributed by atoms with Gasteiger partial charge in [0.1, 0.15) is 11.3 Å². The average molecular weight is 1110 g/mol.